The van der Waals surface area contributed by atoms with Crippen LogP contribution in [0.15, 0.2) is 0 Å². The number of likely N-dealkylation sites (tertiary alicyclic amines) is 1. The minimum Gasteiger partial charge on any atom is -0.326 e. The van der Waals surface area contributed by atoms with Gasteiger partial charge < -0.3 is 5.73 Å². The topological polar surface area (TPSA) is 29.3 Å². The van der Waals surface area contributed by atoms with Crippen molar-refractivity contribution in [1.29, 1.82) is 0 Å². The molecular formula is C12H24N2. The maximum atomic E-state index is 6.28. The lowest BCUT2D eigenvalue weighted by atomic mass is 9.85. The monoisotopic (exact) mass is 196 g/mol. The summed E-state index contributed by atoms with van der Waals surface area (Å²) in [7, 11) is 0. The van der Waals surface area contributed by atoms with E-state index >= 15 is 0 Å². The average molecular weight is 196 g/mol. The summed E-state index contributed by atoms with van der Waals surface area (Å²) in [6.07, 6.45) is 5.31. The van der Waals surface area contributed by atoms with Gasteiger partial charge in [-0.2, -0.15) is 0 Å². The van der Waals surface area contributed by atoms with Crippen LogP contribution in [0.2, 0.25) is 0 Å². The van der Waals surface area contributed by atoms with Crippen LogP contribution in [0.1, 0.15) is 46.5 Å². The molecule has 2 rings (SSSR count). The summed E-state index contributed by atoms with van der Waals surface area (Å²) in [5.74, 6) is 0. The Labute approximate surface area is 87.8 Å². The summed E-state index contributed by atoms with van der Waals surface area (Å²) in [6.45, 7) is 9.32. The van der Waals surface area contributed by atoms with Crippen LogP contribution in [0.25, 0.3) is 0 Å². The van der Waals surface area contributed by atoms with Crippen molar-refractivity contribution in [3.8, 4) is 0 Å². The Morgan fingerprint density at radius 1 is 1.36 bits per heavy atom. The molecule has 0 aromatic rings. The van der Waals surface area contributed by atoms with E-state index in [1.807, 2.05) is 0 Å². The number of rotatable bonds is 2. The average Bonchev–Trinajstić information content (AvgIpc) is 2.91. The highest BCUT2D eigenvalue weighted by atomic mass is 15.2. The van der Waals surface area contributed by atoms with Crippen LogP contribution < -0.4 is 5.73 Å². The van der Waals surface area contributed by atoms with Crippen molar-refractivity contribution in [2.24, 2.45) is 11.1 Å². The maximum absolute atomic E-state index is 6.28. The van der Waals surface area contributed by atoms with Gasteiger partial charge in [-0.3, -0.25) is 4.90 Å². The predicted molar refractivity (Wildman–Crippen MR) is 60.2 cm³/mol. The molecule has 2 fully saturated rings. The molecule has 2 N–H and O–H groups in total. The SMILES string of the molecule is CCC(C)(C)N1CCC2(CC2)C(N)C1. The Morgan fingerprint density at radius 2 is 2.00 bits per heavy atom. The number of hydrogen-bond donors (Lipinski definition) is 1. The molecule has 1 aliphatic heterocycles. The predicted octanol–water partition coefficient (Wildman–Crippen LogP) is 1.99. The van der Waals surface area contributed by atoms with Gasteiger partial charge in [0, 0.05) is 18.1 Å². The number of nitrogens with zero attached hydrogens (tertiary/aromatic N) is 1. The second-order valence-corrected chi connectivity index (χ2v) is 5.83. The lowest BCUT2D eigenvalue weighted by Crippen LogP contribution is -2.56. The minimum absolute atomic E-state index is 0.341. The molecule has 1 unspecified atom stereocenters. The van der Waals surface area contributed by atoms with Crippen LogP contribution in [-0.2, 0) is 0 Å². The standard InChI is InChI=1S/C12H24N2/c1-4-11(2,3)14-8-7-12(5-6-12)10(13)9-14/h10H,4-9,13H2,1-3H3. The van der Waals surface area contributed by atoms with E-state index in [2.05, 4.69) is 25.7 Å². The van der Waals surface area contributed by atoms with Crippen molar-refractivity contribution in [3.63, 3.8) is 0 Å². The van der Waals surface area contributed by atoms with Crippen molar-refractivity contribution in [3.05, 3.63) is 0 Å². The summed E-state index contributed by atoms with van der Waals surface area (Å²) >= 11 is 0. The first-order chi connectivity index (χ1) is 6.50. The van der Waals surface area contributed by atoms with Crippen molar-refractivity contribution < 1.29 is 0 Å². The minimum atomic E-state index is 0.341. The van der Waals surface area contributed by atoms with Crippen LogP contribution in [0.3, 0.4) is 0 Å². The van der Waals surface area contributed by atoms with Crippen LogP contribution in [0.4, 0.5) is 0 Å². The van der Waals surface area contributed by atoms with Crippen LogP contribution in [0.5, 0.6) is 0 Å². The summed E-state index contributed by atoms with van der Waals surface area (Å²) in [5.41, 5.74) is 7.19. The molecule has 1 saturated carbocycles. The fourth-order valence-electron chi connectivity index (χ4n) is 2.62. The van der Waals surface area contributed by atoms with E-state index < -0.39 is 0 Å². The molecule has 1 atom stereocenters. The first-order valence-corrected chi connectivity index (χ1v) is 6.01. The Kier molecular flexibility index (Phi) is 2.39. The lowest BCUT2D eigenvalue weighted by Gasteiger charge is -2.45. The van der Waals surface area contributed by atoms with E-state index in [-0.39, 0.29) is 0 Å². The smallest absolute Gasteiger partial charge is 0.0225 e. The zero-order valence-electron chi connectivity index (χ0n) is 9.84. The Balaban J connectivity index is 1.99. The summed E-state index contributed by atoms with van der Waals surface area (Å²) < 4.78 is 0. The highest BCUT2D eigenvalue weighted by Gasteiger charge is 2.51. The second-order valence-electron chi connectivity index (χ2n) is 5.83. The van der Waals surface area contributed by atoms with Crippen molar-refractivity contribution in [1.82, 2.24) is 4.90 Å². The van der Waals surface area contributed by atoms with E-state index in [0.717, 1.165) is 6.54 Å². The molecule has 0 aromatic heterocycles. The van der Waals surface area contributed by atoms with Gasteiger partial charge in [-0.15, -0.1) is 0 Å². The Morgan fingerprint density at radius 3 is 2.43 bits per heavy atom. The second kappa shape index (κ2) is 3.21. The molecule has 0 aromatic carbocycles. The van der Waals surface area contributed by atoms with Crippen LogP contribution in [-0.4, -0.2) is 29.6 Å². The van der Waals surface area contributed by atoms with E-state index in [1.54, 1.807) is 0 Å². The van der Waals surface area contributed by atoms with E-state index in [4.69, 9.17) is 5.73 Å². The van der Waals surface area contributed by atoms with Gasteiger partial charge in [0.25, 0.3) is 0 Å². The zero-order valence-corrected chi connectivity index (χ0v) is 9.84. The van der Waals surface area contributed by atoms with E-state index in [0.29, 0.717) is 17.0 Å². The van der Waals surface area contributed by atoms with Gasteiger partial charge in [0.1, 0.15) is 0 Å². The summed E-state index contributed by atoms with van der Waals surface area (Å²) in [6, 6.07) is 0.432. The molecule has 1 spiro atoms. The van der Waals surface area contributed by atoms with Gasteiger partial charge in [0.05, 0.1) is 0 Å². The quantitative estimate of drug-likeness (QED) is 0.732. The van der Waals surface area contributed by atoms with Crippen LogP contribution >= 0.6 is 0 Å². The number of piperidine rings is 1. The van der Waals surface area contributed by atoms with Gasteiger partial charge >= 0.3 is 0 Å². The molecule has 2 aliphatic rings. The molecule has 82 valence electrons. The van der Waals surface area contributed by atoms with Crippen molar-refractivity contribution >= 4 is 0 Å². The van der Waals surface area contributed by atoms with E-state index in [9.17, 15) is 0 Å². The highest BCUT2D eigenvalue weighted by molar-refractivity contribution is 5.06. The third-order valence-electron chi connectivity index (χ3n) is 4.70. The third kappa shape index (κ3) is 1.59. The molecule has 2 heteroatoms. The first-order valence-electron chi connectivity index (χ1n) is 6.01. The maximum Gasteiger partial charge on any atom is 0.0225 e. The molecule has 14 heavy (non-hydrogen) atoms. The molecular weight excluding hydrogens is 172 g/mol. The molecule has 1 heterocycles. The molecule has 0 radical (unpaired) electrons. The largest absolute Gasteiger partial charge is 0.326 e. The number of nitrogens with two attached hydrogens (primary N) is 1. The Hall–Kier alpha value is -0.0800. The van der Waals surface area contributed by atoms with Gasteiger partial charge in [-0.1, -0.05) is 6.92 Å². The van der Waals surface area contributed by atoms with Gasteiger partial charge in [0.2, 0.25) is 0 Å². The first kappa shape index (κ1) is 10.4. The normalized spacial score (nSPS) is 32.1. The van der Waals surface area contributed by atoms with E-state index in [1.165, 1.54) is 32.2 Å². The molecule has 0 amide bonds. The van der Waals surface area contributed by atoms with Gasteiger partial charge in [-0.25, -0.2) is 0 Å². The van der Waals surface area contributed by atoms with Gasteiger partial charge in [0.15, 0.2) is 0 Å². The fraction of sp³-hybridized carbons (Fsp3) is 1.00. The molecule has 2 nitrogen and oxygen atoms in total. The summed E-state index contributed by atoms with van der Waals surface area (Å²) in [5, 5.41) is 0. The highest BCUT2D eigenvalue weighted by Crippen LogP contribution is 2.53. The van der Waals surface area contributed by atoms with Crippen LogP contribution in [0, 0.1) is 5.41 Å². The third-order valence-corrected chi connectivity index (χ3v) is 4.70. The lowest BCUT2D eigenvalue weighted by molar-refractivity contribution is 0.0523. The zero-order chi connectivity index (χ0) is 10.4. The molecule has 1 aliphatic carbocycles. The molecule has 1 saturated heterocycles. The Bertz CT molecular complexity index is 218. The molecule has 0 bridgehead atoms. The fourth-order valence-corrected chi connectivity index (χ4v) is 2.62. The van der Waals surface area contributed by atoms with Crippen molar-refractivity contribution in [2.75, 3.05) is 13.1 Å². The summed E-state index contributed by atoms with van der Waals surface area (Å²) in [4.78, 5) is 2.58. The van der Waals surface area contributed by atoms with Crippen molar-refractivity contribution in [2.45, 2.75) is 58.0 Å². The van der Waals surface area contributed by atoms with Gasteiger partial charge in [-0.05, 0) is 51.5 Å². The number of hydrogen-bond acceptors (Lipinski definition) is 2.